The van der Waals surface area contributed by atoms with E-state index in [2.05, 4.69) is 5.10 Å². The minimum atomic E-state index is -1.67. The molecule has 1 aromatic heterocycles. The van der Waals surface area contributed by atoms with Crippen molar-refractivity contribution >= 4 is 11.7 Å². The number of aryl methyl sites for hydroxylation is 1. The molecule has 0 aliphatic carbocycles. The second-order valence-electron chi connectivity index (χ2n) is 2.92. The minimum absolute atomic E-state index is 0.0786. The summed E-state index contributed by atoms with van der Waals surface area (Å²) < 4.78 is 1.17. The molecule has 8 heteroatoms. The number of hydrogen-bond donors (Lipinski definition) is 2. The molecule has 0 aliphatic rings. The van der Waals surface area contributed by atoms with Crippen LogP contribution in [0.2, 0.25) is 0 Å². The van der Waals surface area contributed by atoms with Crippen molar-refractivity contribution in [1.82, 2.24) is 9.78 Å². The number of aliphatic carboxylic acids is 1. The lowest BCUT2D eigenvalue weighted by molar-refractivity contribution is -0.385. The molecule has 1 atom stereocenters. The molecule has 0 saturated carbocycles. The quantitative estimate of drug-likeness (QED) is 0.507. The molecule has 8 nitrogen and oxygen atoms in total. The summed E-state index contributed by atoms with van der Waals surface area (Å²) in [6, 6.07) is 0. The molecule has 0 bridgehead atoms. The van der Waals surface area contributed by atoms with E-state index >= 15 is 0 Å². The number of nitro groups is 1. The number of aliphatic hydroxyl groups excluding tert-OH is 1. The summed E-state index contributed by atoms with van der Waals surface area (Å²) in [5, 5.41) is 31.6. The standard InChI is InChI=1S/C7H9N3O5/c1-9-4(2-6(11)7(12)13)5(3-8-9)10(14)15/h3,6,11H,2H2,1H3,(H,12,13). The molecule has 0 spiro atoms. The first kappa shape index (κ1) is 11.1. The normalized spacial score (nSPS) is 12.4. The molecule has 0 saturated heterocycles. The van der Waals surface area contributed by atoms with Gasteiger partial charge in [-0.1, -0.05) is 0 Å². The summed E-state index contributed by atoms with van der Waals surface area (Å²) in [5.74, 6) is -1.43. The van der Waals surface area contributed by atoms with E-state index in [0.29, 0.717) is 0 Å². The Morgan fingerprint density at radius 2 is 2.40 bits per heavy atom. The van der Waals surface area contributed by atoms with Gasteiger partial charge in [-0.3, -0.25) is 14.8 Å². The molecule has 82 valence electrons. The highest BCUT2D eigenvalue weighted by atomic mass is 16.6. The van der Waals surface area contributed by atoms with Gasteiger partial charge < -0.3 is 10.2 Å². The van der Waals surface area contributed by atoms with E-state index in [1.165, 1.54) is 11.7 Å². The summed E-state index contributed by atoms with van der Waals surface area (Å²) in [4.78, 5) is 20.2. The topological polar surface area (TPSA) is 118 Å². The zero-order valence-corrected chi connectivity index (χ0v) is 7.82. The van der Waals surface area contributed by atoms with Crippen LogP contribution in [0.15, 0.2) is 6.20 Å². The summed E-state index contributed by atoms with van der Waals surface area (Å²) >= 11 is 0. The van der Waals surface area contributed by atoms with Crippen LogP contribution >= 0.6 is 0 Å². The fraction of sp³-hybridized carbons (Fsp3) is 0.429. The smallest absolute Gasteiger partial charge is 0.332 e. The lowest BCUT2D eigenvalue weighted by Crippen LogP contribution is -2.23. The van der Waals surface area contributed by atoms with Crippen LogP contribution in [-0.2, 0) is 18.3 Å². The zero-order valence-electron chi connectivity index (χ0n) is 7.82. The van der Waals surface area contributed by atoms with E-state index in [-0.39, 0.29) is 17.8 Å². The first-order valence-corrected chi connectivity index (χ1v) is 3.99. The third-order valence-electron chi connectivity index (χ3n) is 1.91. The highest BCUT2D eigenvalue weighted by Gasteiger charge is 2.24. The van der Waals surface area contributed by atoms with Gasteiger partial charge in [-0.2, -0.15) is 5.10 Å². The average Bonchev–Trinajstić information content (AvgIpc) is 2.48. The van der Waals surface area contributed by atoms with Gasteiger partial charge in [0.25, 0.3) is 0 Å². The van der Waals surface area contributed by atoms with Crippen molar-refractivity contribution in [3.8, 4) is 0 Å². The van der Waals surface area contributed by atoms with E-state index in [1.807, 2.05) is 0 Å². The largest absolute Gasteiger partial charge is 0.479 e. The van der Waals surface area contributed by atoms with Crippen LogP contribution in [0.4, 0.5) is 5.69 Å². The molecule has 0 aliphatic heterocycles. The first-order chi connectivity index (χ1) is 6.93. The number of carboxylic acid groups (broad SMARTS) is 1. The molecule has 1 heterocycles. The molecule has 2 N–H and O–H groups in total. The molecule has 0 amide bonds. The van der Waals surface area contributed by atoms with E-state index < -0.39 is 17.0 Å². The van der Waals surface area contributed by atoms with Crippen LogP contribution in [-0.4, -0.2) is 37.0 Å². The Morgan fingerprint density at radius 1 is 1.80 bits per heavy atom. The van der Waals surface area contributed by atoms with Crippen LogP contribution in [0.25, 0.3) is 0 Å². The summed E-state index contributed by atoms with van der Waals surface area (Å²) in [6.45, 7) is 0. The lowest BCUT2D eigenvalue weighted by Gasteiger charge is -2.04. The maximum atomic E-state index is 10.5. The SMILES string of the molecule is Cn1ncc([N+](=O)[O-])c1CC(O)C(=O)O. The highest BCUT2D eigenvalue weighted by molar-refractivity contribution is 5.72. The van der Waals surface area contributed by atoms with Gasteiger partial charge in [0.15, 0.2) is 6.10 Å². The van der Waals surface area contributed by atoms with Gasteiger partial charge in [0.2, 0.25) is 0 Å². The highest BCUT2D eigenvalue weighted by Crippen LogP contribution is 2.18. The summed E-state index contributed by atoms with van der Waals surface area (Å²) in [5.41, 5.74) is -0.215. The number of carboxylic acids is 1. The van der Waals surface area contributed by atoms with Crippen molar-refractivity contribution in [3.05, 3.63) is 22.0 Å². The van der Waals surface area contributed by atoms with Gasteiger partial charge in [0.1, 0.15) is 11.9 Å². The molecule has 1 rings (SSSR count). The number of hydrogen-bond acceptors (Lipinski definition) is 5. The fourth-order valence-corrected chi connectivity index (χ4v) is 1.11. The molecular weight excluding hydrogens is 206 g/mol. The predicted molar refractivity (Wildman–Crippen MR) is 47.2 cm³/mol. The van der Waals surface area contributed by atoms with Gasteiger partial charge in [-0.15, -0.1) is 0 Å². The Hall–Kier alpha value is -1.96. The molecule has 1 aromatic rings. The maximum Gasteiger partial charge on any atom is 0.332 e. The molecule has 15 heavy (non-hydrogen) atoms. The van der Waals surface area contributed by atoms with E-state index in [4.69, 9.17) is 10.2 Å². The average molecular weight is 215 g/mol. The number of carbonyl (C=O) groups is 1. The molecular formula is C7H9N3O5. The Kier molecular flexibility index (Phi) is 3.00. The number of rotatable bonds is 4. The third-order valence-corrected chi connectivity index (χ3v) is 1.91. The third kappa shape index (κ3) is 2.29. The first-order valence-electron chi connectivity index (χ1n) is 3.99. The van der Waals surface area contributed by atoms with Crippen LogP contribution in [0.1, 0.15) is 5.69 Å². The van der Waals surface area contributed by atoms with Crippen molar-refractivity contribution in [2.24, 2.45) is 7.05 Å². The van der Waals surface area contributed by atoms with Crippen molar-refractivity contribution in [2.75, 3.05) is 0 Å². The maximum absolute atomic E-state index is 10.5. The van der Waals surface area contributed by atoms with Gasteiger partial charge in [-0.05, 0) is 0 Å². The van der Waals surface area contributed by atoms with Gasteiger partial charge >= 0.3 is 11.7 Å². The van der Waals surface area contributed by atoms with Gasteiger partial charge in [0.05, 0.1) is 4.92 Å². The van der Waals surface area contributed by atoms with E-state index in [0.717, 1.165) is 6.20 Å². The summed E-state index contributed by atoms with van der Waals surface area (Å²) in [6.07, 6.45) is -0.995. The Labute approximate surface area is 83.9 Å². The molecule has 0 aromatic carbocycles. The second kappa shape index (κ2) is 4.05. The van der Waals surface area contributed by atoms with Crippen molar-refractivity contribution in [1.29, 1.82) is 0 Å². The van der Waals surface area contributed by atoms with Gasteiger partial charge in [0, 0.05) is 13.5 Å². The molecule has 1 unspecified atom stereocenters. The number of aliphatic hydroxyl groups is 1. The van der Waals surface area contributed by atoms with Crippen molar-refractivity contribution in [2.45, 2.75) is 12.5 Å². The van der Waals surface area contributed by atoms with E-state index in [1.54, 1.807) is 0 Å². The number of nitrogens with zero attached hydrogens (tertiary/aromatic N) is 3. The molecule has 0 fully saturated rings. The van der Waals surface area contributed by atoms with E-state index in [9.17, 15) is 14.9 Å². The minimum Gasteiger partial charge on any atom is -0.479 e. The van der Waals surface area contributed by atoms with Crippen LogP contribution in [0, 0.1) is 10.1 Å². The summed E-state index contributed by atoms with van der Waals surface area (Å²) in [7, 11) is 1.44. The number of aromatic nitrogens is 2. The van der Waals surface area contributed by atoms with Crippen molar-refractivity contribution < 1.29 is 19.9 Å². The van der Waals surface area contributed by atoms with Crippen molar-refractivity contribution in [3.63, 3.8) is 0 Å². The fourth-order valence-electron chi connectivity index (χ4n) is 1.11. The predicted octanol–water partition coefficient (Wildman–Crippen LogP) is -0.684. The van der Waals surface area contributed by atoms with Crippen LogP contribution < -0.4 is 0 Å². The van der Waals surface area contributed by atoms with Crippen LogP contribution in [0.5, 0.6) is 0 Å². The zero-order chi connectivity index (χ0) is 11.6. The Bertz CT molecular complexity index is 399. The second-order valence-corrected chi connectivity index (χ2v) is 2.92. The Morgan fingerprint density at radius 3 is 2.87 bits per heavy atom. The van der Waals surface area contributed by atoms with Gasteiger partial charge in [-0.25, -0.2) is 4.79 Å². The molecule has 0 radical (unpaired) electrons. The van der Waals surface area contributed by atoms with Crippen LogP contribution in [0.3, 0.4) is 0 Å². The lowest BCUT2D eigenvalue weighted by atomic mass is 10.2. The Balaban J connectivity index is 2.97. The monoisotopic (exact) mass is 215 g/mol.